The van der Waals surface area contributed by atoms with Crippen LogP contribution in [0.15, 0.2) is 0 Å². The van der Waals surface area contributed by atoms with E-state index in [2.05, 4.69) is 16.0 Å². The van der Waals surface area contributed by atoms with Crippen molar-refractivity contribution in [2.24, 2.45) is 0 Å². The van der Waals surface area contributed by atoms with Crippen LogP contribution in [0.4, 0.5) is 0 Å². The highest BCUT2D eigenvalue weighted by Crippen LogP contribution is 2.01. The van der Waals surface area contributed by atoms with Crippen molar-refractivity contribution in [2.75, 3.05) is 12.3 Å². The van der Waals surface area contributed by atoms with Gasteiger partial charge in [-0.05, 0) is 6.42 Å². The summed E-state index contributed by atoms with van der Waals surface area (Å²) in [5.74, 6) is -6.15. The molecule has 0 radical (unpaired) electrons. The Balaban J connectivity index is 5.10. The lowest BCUT2D eigenvalue weighted by molar-refractivity contribution is -0.140. The predicted octanol–water partition coefficient (Wildman–Crippen LogP) is -2.68. The standard InChI is InChI=1S/C13H21N3O10S/c1-7(17)15-9(6-11(20)21)13(23)16-8(2-3-10(18)19)12(22)14-4-5-27(24,25)26/h8-9H,2-6H2,1H3,(H,14,22)(H,15,17)(H,16,23)(H,18,19)(H,20,21)(H,24,25,26)/t8-,9-/m0/s1. The van der Waals surface area contributed by atoms with Crippen molar-refractivity contribution in [1.82, 2.24) is 16.0 Å². The second-order valence-corrected chi connectivity index (χ2v) is 6.99. The Labute approximate surface area is 154 Å². The highest BCUT2D eigenvalue weighted by molar-refractivity contribution is 7.85. The lowest BCUT2D eigenvalue weighted by Crippen LogP contribution is -2.54. The van der Waals surface area contributed by atoms with Crippen LogP contribution in [0.25, 0.3) is 0 Å². The minimum atomic E-state index is -4.34. The van der Waals surface area contributed by atoms with Gasteiger partial charge in [0, 0.05) is 19.9 Å². The van der Waals surface area contributed by atoms with E-state index in [0.717, 1.165) is 6.92 Å². The van der Waals surface area contributed by atoms with Crippen molar-refractivity contribution >= 4 is 39.8 Å². The SMILES string of the molecule is CC(=O)N[C@@H](CC(=O)O)C(=O)N[C@@H](CCC(=O)O)C(=O)NCCS(=O)(=O)O. The molecule has 0 aromatic carbocycles. The second-order valence-electron chi connectivity index (χ2n) is 5.42. The molecule has 0 heterocycles. The first-order valence-electron chi connectivity index (χ1n) is 7.55. The Bertz CT molecular complexity index is 674. The summed E-state index contributed by atoms with van der Waals surface area (Å²) in [7, 11) is -4.34. The molecule has 0 rings (SSSR count). The van der Waals surface area contributed by atoms with Crippen LogP contribution in [0.1, 0.15) is 26.2 Å². The number of aliphatic carboxylic acids is 2. The number of carbonyl (C=O) groups is 5. The van der Waals surface area contributed by atoms with Crippen LogP contribution in [-0.4, -0.2) is 77.2 Å². The molecule has 2 atom stereocenters. The number of hydrogen-bond donors (Lipinski definition) is 6. The van der Waals surface area contributed by atoms with Gasteiger partial charge in [0.1, 0.15) is 12.1 Å². The summed E-state index contributed by atoms with van der Waals surface area (Å²) in [6.07, 6.45) is -1.68. The summed E-state index contributed by atoms with van der Waals surface area (Å²) in [4.78, 5) is 56.8. The summed E-state index contributed by atoms with van der Waals surface area (Å²) >= 11 is 0. The average Bonchev–Trinajstić information content (AvgIpc) is 2.47. The molecular formula is C13H21N3O10S. The third-order valence-electron chi connectivity index (χ3n) is 3.01. The van der Waals surface area contributed by atoms with Crippen LogP contribution in [-0.2, 0) is 34.1 Å². The van der Waals surface area contributed by atoms with Crippen LogP contribution in [0.3, 0.4) is 0 Å². The molecule has 0 aliphatic rings. The zero-order chi connectivity index (χ0) is 21.2. The van der Waals surface area contributed by atoms with Crippen LogP contribution in [0.2, 0.25) is 0 Å². The third kappa shape index (κ3) is 12.3. The van der Waals surface area contributed by atoms with Crippen molar-refractivity contribution in [3.05, 3.63) is 0 Å². The molecule has 0 saturated carbocycles. The van der Waals surface area contributed by atoms with Crippen LogP contribution in [0, 0.1) is 0 Å². The highest BCUT2D eigenvalue weighted by atomic mass is 32.2. The lowest BCUT2D eigenvalue weighted by atomic mass is 10.1. The molecule has 0 aliphatic carbocycles. The van der Waals surface area contributed by atoms with Crippen LogP contribution in [0.5, 0.6) is 0 Å². The van der Waals surface area contributed by atoms with Crippen molar-refractivity contribution in [3.63, 3.8) is 0 Å². The van der Waals surface area contributed by atoms with E-state index >= 15 is 0 Å². The molecular weight excluding hydrogens is 390 g/mol. The van der Waals surface area contributed by atoms with Gasteiger partial charge in [0.2, 0.25) is 17.7 Å². The van der Waals surface area contributed by atoms with Gasteiger partial charge in [-0.2, -0.15) is 8.42 Å². The molecule has 13 nitrogen and oxygen atoms in total. The first-order chi connectivity index (χ1) is 12.3. The van der Waals surface area contributed by atoms with E-state index in [9.17, 15) is 32.4 Å². The molecule has 27 heavy (non-hydrogen) atoms. The van der Waals surface area contributed by atoms with E-state index < -0.39 is 77.0 Å². The minimum Gasteiger partial charge on any atom is -0.481 e. The summed E-state index contributed by atoms with van der Waals surface area (Å²) in [5.41, 5.74) is 0. The molecule has 0 unspecified atom stereocenters. The number of nitrogens with one attached hydrogen (secondary N) is 3. The van der Waals surface area contributed by atoms with Crippen LogP contribution < -0.4 is 16.0 Å². The largest absolute Gasteiger partial charge is 0.481 e. The monoisotopic (exact) mass is 411 g/mol. The minimum absolute atomic E-state index is 0.376. The molecule has 0 aromatic rings. The molecule has 0 saturated heterocycles. The first kappa shape index (κ1) is 24.3. The average molecular weight is 411 g/mol. The summed E-state index contributed by atoms with van der Waals surface area (Å²) < 4.78 is 29.9. The van der Waals surface area contributed by atoms with Gasteiger partial charge < -0.3 is 26.2 Å². The molecule has 0 bridgehead atoms. The van der Waals surface area contributed by atoms with Crippen molar-refractivity contribution in [1.29, 1.82) is 0 Å². The maximum absolute atomic E-state index is 12.2. The van der Waals surface area contributed by atoms with Gasteiger partial charge in [0.25, 0.3) is 10.1 Å². The molecule has 14 heteroatoms. The van der Waals surface area contributed by atoms with Gasteiger partial charge in [0.15, 0.2) is 0 Å². The summed E-state index contributed by atoms with van der Waals surface area (Å²) in [6, 6.07) is -2.93. The van der Waals surface area contributed by atoms with E-state index in [-0.39, 0.29) is 6.42 Å². The molecule has 0 aliphatic heterocycles. The van der Waals surface area contributed by atoms with E-state index in [4.69, 9.17) is 14.8 Å². The first-order valence-corrected chi connectivity index (χ1v) is 9.16. The van der Waals surface area contributed by atoms with Crippen molar-refractivity contribution < 1.29 is 47.2 Å². The predicted molar refractivity (Wildman–Crippen MR) is 88.1 cm³/mol. The number of rotatable bonds is 12. The van der Waals surface area contributed by atoms with E-state index in [1.54, 1.807) is 0 Å². The van der Waals surface area contributed by atoms with Gasteiger partial charge in [-0.1, -0.05) is 0 Å². The maximum atomic E-state index is 12.2. The molecule has 6 N–H and O–H groups in total. The Morgan fingerprint density at radius 2 is 1.52 bits per heavy atom. The zero-order valence-electron chi connectivity index (χ0n) is 14.3. The van der Waals surface area contributed by atoms with Crippen LogP contribution >= 0.6 is 0 Å². The van der Waals surface area contributed by atoms with Crippen molar-refractivity contribution in [2.45, 2.75) is 38.3 Å². The fourth-order valence-electron chi connectivity index (χ4n) is 1.86. The molecule has 0 fully saturated rings. The fraction of sp³-hybridized carbons (Fsp3) is 0.615. The van der Waals surface area contributed by atoms with E-state index in [1.165, 1.54) is 0 Å². The number of amides is 3. The second kappa shape index (κ2) is 11.1. The Hall–Kier alpha value is -2.74. The van der Waals surface area contributed by atoms with Gasteiger partial charge >= 0.3 is 11.9 Å². The van der Waals surface area contributed by atoms with Gasteiger partial charge in [0.05, 0.1) is 12.2 Å². The van der Waals surface area contributed by atoms with Gasteiger partial charge in [-0.15, -0.1) is 0 Å². The van der Waals surface area contributed by atoms with E-state index in [0.29, 0.717) is 0 Å². The van der Waals surface area contributed by atoms with Crippen molar-refractivity contribution in [3.8, 4) is 0 Å². The number of carboxylic acid groups (broad SMARTS) is 2. The number of carbonyl (C=O) groups excluding carboxylic acids is 3. The smallest absolute Gasteiger partial charge is 0.305 e. The highest BCUT2D eigenvalue weighted by Gasteiger charge is 2.28. The maximum Gasteiger partial charge on any atom is 0.305 e. The summed E-state index contributed by atoms with van der Waals surface area (Å²) in [5, 5.41) is 23.8. The molecule has 0 spiro atoms. The molecule has 3 amide bonds. The quantitative estimate of drug-likeness (QED) is 0.183. The topological polar surface area (TPSA) is 216 Å². The zero-order valence-corrected chi connectivity index (χ0v) is 15.1. The Kier molecular flexibility index (Phi) is 9.95. The molecule has 154 valence electrons. The third-order valence-corrected chi connectivity index (χ3v) is 3.73. The number of carboxylic acids is 2. The Morgan fingerprint density at radius 1 is 0.926 bits per heavy atom. The molecule has 0 aromatic heterocycles. The number of hydrogen-bond acceptors (Lipinski definition) is 7. The van der Waals surface area contributed by atoms with E-state index in [1.807, 2.05) is 0 Å². The summed E-state index contributed by atoms with van der Waals surface area (Å²) in [6.45, 7) is 0.549. The fourth-order valence-corrected chi connectivity index (χ4v) is 2.22. The Morgan fingerprint density at radius 3 is 1.96 bits per heavy atom. The van der Waals surface area contributed by atoms with Gasteiger partial charge in [-0.25, -0.2) is 0 Å². The van der Waals surface area contributed by atoms with Gasteiger partial charge in [-0.3, -0.25) is 28.5 Å². The lowest BCUT2D eigenvalue weighted by Gasteiger charge is -2.21. The normalized spacial score (nSPS) is 13.1.